The van der Waals surface area contributed by atoms with Crippen LogP contribution < -0.4 is 5.73 Å². The lowest BCUT2D eigenvalue weighted by molar-refractivity contribution is 0.0197. The first-order valence-corrected chi connectivity index (χ1v) is 9.98. The molecule has 0 spiro atoms. The summed E-state index contributed by atoms with van der Waals surface area (Å²) >= 11 is 0. The first-order valence-electron chi connectivity index (χ1n) is 9.98. The van der Waals surface area contributed by atoms with Crippen molar-refractivity contribution in [2.75, 3.05) is 13.1 Å². The number of halogens is 3. The summed E-state index contributed by atoms with van der Waals surface area (Å²) in [5, 5.41) is 4.09. The number of amides is 2. The predicted octanol–water partition coefficient (Wildman–Crippen LogP) is 3.68. The van der Waals surface area contributed by atoms with E-state index in [1.165, 1.54) is 6.20 Å². The van der Waals surface area contributed by atoms with Crippen LogP contribution in [-0.4, -0.2) is 45.4 Å². The predicted molar refractivity (Wildman–Crippen MR) is 105 cm³/mol. The topological polar surface area (TPSA) is 90.4 Å². The minimum atomic E-state index is -3.53. The fourth-order valence-corrected chi connectivity index (χ4v) is 4.23. The van der Waals surface area contributed by atoms with Crippen LogP contribution in [0.4, 0.5) is 18.0 Å². The zero-order chi connectivity index (χ0) is 22.7. The van der Waals surface area contributed by atoms with Gasteiger partial charge in [0.05, 0.1) is 23.0 Å². The normalized spacial score (nSPS) is 17.9. The zero-order valence-electron chi connectivity index (χ0n) is 17.4. The number of nitrogens with zero attached hydrogens (tertiary/aromatic N) is 3. The Bertz CT molecular complexity index is 1070. The first kappa shape index (κ1) is 21.2. The van der Waals surface area contributed by atoms with Crippen LogP contribution in [0.3, 0.4) is 0 Å². The lowest BCUT2D eigenvalue weighted by Crippen LogP contribution is -2.41. The third kappa shape index (κ3) is 3.53. The number of fused-ring (bicyclic) bond motifs is 3. The maximum absolute atomic E-state index is 15.3. The molecule has 0 aliphatic carbocycles. The standard InChI is InChI=1S/C21H23F3N4O3/c1-20(2,3)31-19(30)27-6-4-11(5-7-27)14-10-26-28-16-13(18(25)29)8-12(22)9-15(16)21(23,24)17(14)28/h8-11H,4-7H2,1-3H3,(H2,25,29). The van der Waals surface area contributed by atoms with Crippen molar-refractivity contribution in [2.45, 2.75) is 51.1 Å². The van der Waals surface area contributed by atoms with Gasteiger partial charge in [-0.25, -0.2) is 13.9 Å². The van der Waals surface area contributed by atoms with Gasteiger partial charge in [-0.3, -0.25) is 4.79 Å². The molecule has 0 radical (unpaired) electrons. The number of piperidine rings is 1. The molecule has 1 saturated heterocycles. The van der Waals surface area contributed by atoms with Crippen LogP contribution in [0.25, 0.3) is 5.69 Å². The van der Waals surface area contributed by atoms with E-state index in [1.54, 1.807) is 25.7 Å². The number of likely N-dealkylation sites (tertiary alicyclic amines) is 1. The molecule has 2 N–H and O–H groups in total. The van der Waals surface area contributed by atoms with Crippen molar-refractivity contribution >= 4 is 12.0 Å². The lowest BCUT2D eigenvalue weighted by Gasteiger charge is -2.33. The van der Waals surface area contributed by atoms with Crippen molar-refractivity contribution in [1.29, 1.82) is 0 Å². The van der Waals surface area contributed by atoms with Crippen LogP contribution >= 0.6 is 0 Å². The van der Waals surface area contributed by atoms with Crippen molar-refractivity contribution < 1.29 is 27.5 Å². The Balaban J connectivity index is 1.63. The summed E-state index contributed by atoms with van der Waals surface area (Å²) in [7, 11) is 0. The Labute approximate surface area is 176 Å². The number of carbonyl (C=O) groups is 2. The van der Waals surface area contributed by atoms with Gasteiger partial charge in [-0.05, 0) is 51.7 Å². The number of benzene rings is 1. The smallest absolute Gasteiger partial charge is 0.410 e. The molecule has 1 aromatic carbocycles. The van der Waals surface area contributed by atoms with Crippen LogP contribution in [-0.2, 0) is 10.7 Å². The van der Waals surface area contributed by atoms with Crippen molar-refractivity contribution in [3.63, 3.8) is 0 Å². The highest BCUT2D eigenvalue weighted by Crippen LogP contribution is 2.50. The highest BCUT2D eigenvalue weighted by atomic mass is 19.3. The molecule has 10 heteroatoms. The molecule has 1 aromatic heterocycles. The van der Waals surface area contributed by atoms with Crippen molar-refractivity contribution in [2.24, 2.45) is 5.73 Å². The Morgan fingerprint density at radius 2 is 1.87 bits per heavy atom. The van der Waals surface area contributed by atoms with E-state index in [2.05, 4.69) is 5.10 Å². The van der Waals surface area contributed by atoms with Gasteiger partial charge in [-0.1, -0.05) is 0 Å². The summed E-state index contributed by atoms with van der Waals surface area (Å²) in [5.74, 6) is -5.78. The van der Waals surface area contributed by atoms with Crippen LogP contribution in [0.5, 0.6) is 0 Å². The molecule has 1 fully saturated rings. The van der Waals surface area contributed by atoms with Crippen molar-refractivity contribution in [3.05, 3.63) is 46.5 Å². The van der Waals surface area contributed by atoms with Crippen LogP contribution in [0.2, 0.25) is 0 Å². The Morgan fingerprint density at radius 3 is 2.45 bits per heavy atom. The maximum atomic E-state index is 15.3. The van der Waals surface area contributed by atoms with Gasteiger partial charge in [-0.15, -0.1) is 0 Å². The molecular weight excluding hydrogens is 413 g/mol. The number of rotatable bonds is 2. The van der Waals surface area contributed by atoms with Crippen molar-refractivity contribution in [1.82, 2.24) is 14.7 Å². The van der Waals surface area contributed by atoms with E-state index < -0.39 is 34.9 Å². The third-order valence-electron chi connectivity index (χ3n) is 5.57. The highest BCUT2D eigenvalue weighted by molar-refractivity contribution is 5.97. The van der Waals surface area contributed by atoms with Gasteiger partial charge in [-0.2, -0.15) is 13.9 Å². The minimum Gasteiger partial charge on any atom is -0.444 e. The quantitative estimate of drug-likeness (QED) is 0.778. The van der Waals surface area contributed by atoms with Crippen molar-refractivity contribution in [3.8, 4) is 5.69 Å². The number of nitrogens with two attached hydrogens (primary N) is 1. The minimum absolute atomic E-state index is 0.189. The largest absolute Gasteiger partial charge is 0.444 e. The van der Waals surface area contributed by atoms with E-state index in [1.807, 2.05) is 0 Å². The average Bonchev–Trinajstić information content (AvgIpc) is 3.19. The van der Waals surface area contributed by atoms with Gasteiger partial charge in [0.25, 0.3) is 5.91 Å². The Morgan fingerprint density at radius 1 is 1.23 bits per heavy atom. The lowest BCUT2D eigenvalue weighted by atomic mass is 9.88. The highest BCUT2D eigenvalue weighted by Gasteiger charge is 2.50. The number of ether oxygens (including phenoxy) is 1. The molecular formula is C21H23F3N4O3. The zero-order valence-corrected chi connectivity index (χ0v) is 17.4. The average molecular weight is 436 g/mol. The number of hydrogen-bond donors (Lipinski definition) is 1. The molecule has 0 unspecified atom stereocenters. The second kappa shape index (κ2) is 7.00. The van der Waals surface area contributed by atoms with Gasteiger partial charge in [0.1, 0.15) is 17.1 Å². The molecule has 2 aromatic rings. The molecule has 7 nitrogen and oxygen atoms in total. The Kier molecular flexibility index (Phi) is 4.79. The number of hydrogen-bond acceptors (Lipinski definition) is 4. The molecule has 0 bridgehead atoms. The van der Waals surface area contributed by atoms with E-state index >= 15 is 8.78 Å². The number of aromatic nitrogens is 2. The van der Waals surface area contributed by atoms with E-state index in [-0.39, 0.29) is 22.9 Å². The van der Waals surface area contributed by atoms with Gasteiger partial charge < -0.3 is 15.4 Å². The third-order valence-corrected chi connectivity index (χ3v) is 5.57. The summed E-state index contributed by atoms with van der Waals surface area (Å²) in [4.78, 5) is 25.6. The monoisotopic (exact) mass is 436 g/mol. The van der Waals surface area contributed by atoms with E-state index in [9.17, 15) is 14.0 Å². The Hall–Kier alpha value is -3.04. The van der Waals surface area contributed by atoms with Gasteiger partial charge in [0.15, 0.2) is 0 Å². The molecule has 2 aliphatic rings. The molecule has 4 rings (SSSR count). The van der Waals surface area contributed by atoms with E-state index in [0.717, 1.165) is 10.7 Å². The maximum Gasteiger partial charge on any atom is 0.410 e. The number of alkyl halides is 2. The molecule has 2 amide bonds. The van der Waals surface area contributed by atoms with E-state index in [4.69, 9.17) is 10.5 Å². The summed E-state index contributed by atoms with van der Waals surface area (Å²) in [6.45, 7) is 6.03. The SMILES string of the molecule is CC(C)(C)OC(=O)N1CCC(c2cnn3c2C(F)(F)c2cc(F)cc(C(N)=O)c2-3)CC1. The molecule has 2 aliphatic heterocycles. The van der Waals surface area contributed by atoms with Gasteiger partial charge in [0.2, 0.25) is 0 Å². The molecule has 166 valence electrons. The number of primary amides is 1. The molecule has 0 saturated carbocycles. The fraction of sp³-hybridized carbons (Fsp3) is 0.476. The molecule has 0 atom stereocenters. The summed E-state index contributed by atoms with van der Waals surface area (Å²) < 4.78 is 50.9. The van der Waals surface area contributed by atoms with Gasteiger partial charge >= 0.3 is 12.0 Å². The second-order valence-corrected chi connectivity index (χ2v) is 8.89. The summed E-state index contributed by atoms with van der Waals surface area (Å²) in [6.07, 6.45) is 1.81. The van der Waals surface area contributed by atoms with Crippen LogP contribution in [0.15, 0.2) is 18.3 Å². The number of carbonyl (C=O) groups excluding carboxylic acids is 2. The summed E-state index contributed by atoms with van der Waals surface area (Å²) in [5.41, 5.74) is 3.45. The molecule has 31 heavy (non-hydrogen) atoms. The van der Waals surface area contributed by atoms with Gasteiger partial charge in [0, 0.05) is 18.7 Å². The van der Waals surface area contributed by atoms with E-state index in [0.29, 0.717) is 37.6 Å². The summed E-state index contributed by atoms with van der Waals surface area (Å²) in [6, 6.07) is 1.55. The molecule has 3 heterocycles. The van der Waals surface area contributed by atoms with Crippen LogP contribution in [0.1, 0.15) is 66.7 Å². The fourth-order valence-electron chi connectivity index (χ4n) is 4.23. The van der Waals surface area contributed by atoms with Crippen LogP contribution in [0, 0.1) is 5.82 Å². The first-order chi connectivity index (χ1) is 14.4. The second-order valence-electron chi connectivity index (χ2n) is 8.89.